The van der Waals surface area contributed by atoms with Crippen LogP contribution >= 0.6 is 11.6 Å². The number of hydrogen-bond acceptors (Lipinski definition) is 4. The lowest BCUT2D eigenvalue weighted by atomic mass is 10.2. The summed E-state index contributed by atoms with van der Waals surface area (Å²) in [5.41, 5.74) is 8.90. The van der Waals surface area contributed by atoms with Gasteiger partial charge in [0.05, 0.1) is 10.7 Å². The molecule has 0 spiro atoms. The van der Waals surface area contributed by atoms with Crippen molar-refractivity contribution in [3.05, 3.63) is 47.7 Å². The molecule has 1 aromatic heterocycles. The summed E-state index contributed by atoms with van der Waals surface area (Å²) in [7, 11) is 0. The van der Waals surface area contributed by atoms with Gasteiger partial charge in [-0.3, -0.25) is 4.98 Å². The first-order valence-electron chi connectivity index (χ1n) is 6.69. The van der Waals surface area contributed by atoms with Gasteiger partial charge < -0.3 is 15.5 Å². The number of hydrogen-bond donors (Lipinski definition) is 1. The molecule has 5 heteroatoms. The lowest BCUT2D eigenvalue weighted by molar-refractivity contribution is 0.653. The van der Waals surface area contributed by atoms with Crippen molar-refractivity contribution in [3.63, 3.8) is 0 Å². The number of aromatic nitrogens is 1. The van der Waals surface area contributed by atoms with Crippen molar-refractivity contribution in [1.29, 1.82) is 0 Å². The fraction of sp³-hybridized carbons (Fsp3) is 0.267. The quantitative estimate of drug-likeness (QED) is 0.863. The lowest BCUT2D eigenvalue weighted by Gasteiger charge is -2.37. The molecular weight excluding hydrogens is 272 g/mol. The second-order valence-corrected chi connectivity index (χ2v) is 5.30. The maximum atomic E-state index is 6.20. The molecule has 2 aromatic rings. The average molecular weight is 289 g/mol. The minimum Gasteiger partial charge on any atom is -0.399 e. The molecule has 1 fully saturated rings. The summed E-state index contributed by atoms with van der Waals surface area (Å²) in [6.45, 7) is 3.81. The van der Waals surface area contributed by atoms with Gasteiger partial charge in [0.25, 0.3) is 0 Å². The summed E-state index contributed by atoms with van der Waals surface area (Å²) in [4.78, 5) is 8.68. The SMILES string of the molecule is Nc1cccc(N2CCN(c3ccncc3Cl)CC2)c1. The lowest BCUT2D eigenvalue weighted by Crippen LogP contribution is -2.46. The summed E-state index contributed by atoms with van der Waals surface area (Å²) >= 11 is 6.20. The number of benzene rings is 1. The van der Waals surface area contributed by atoms with Crippen LogP contribution in [0.15, 0.2) is 42.7 Å². The number of nitrogens with zero attached hydrogens (tertiary/aromatic N) is 3. The van der Waals surface area contributed by atoms with Crippen molar-refractivity contribution >= 4 is 28.7 Å². The Balaban J connectivity index is 1.70. The van der Waals surface area contributed by atoms with Crippen LogP contribution in [-0.4, -0.2) is 31.2 Å². The topological polar surface area (TPSA) is 45.4 Å². The standard InChI is InChI=1S/C15H17ClN4/c16-14-11-18-5-4-15(14)20-8-6-19(7-9-20)13-3-1-2-12(17)10-13/h1-5,10-11H,6-9,17H2. The Hall–Kier alpha value is -1.94. The van der Waals surface area contributed by atoms with Gasteiger partial charge in [0.2, 0.25) is 0 Å². The van der Waals surface area contributed by atoms with Crippen molar-refractivity contribution in [1.82, 2.24) is 4.98 Å². The first-order valence-corrected chi connectivity index (χ1v) is 7.07. The van der Waals surface area contributed by atoms with Crippen LogP contribution in [-0.2, 0) is 0 Å². The first kappa shape index (κ1) is 13.1. The van der Waals surface area contributed by atoms with E-state index in [0.29, 0.717) is 5.02 Å². The second-order valence-electron chi connectivity index (χ2n) is 4.90. The third-order valence-corrected chi connectivity index (χ3v) is 3.90. The summed E-state index contributed by atoms with van der Waals surface area (Å²) in [6.07, 6.45) is 3.48. The Morgan fingerprint density at radius 3 is 2.50 bits per heavy atom. The smallest absolute Gasteiger partial charge is 0.0822 e. The predicted molar refractivity (Wildman–Crippen MR) is 84.5 cm³/mol. The predicted octanol–water partition coefficient (Wildman–Crippen LogP) is 2.64. The first-order chi connectivity index (χ1) is 9.74. The van der Waals surface area contributed by atoms with Crippen LogP contribution < -0.4 is 15.5 Å². The van der Waals surface area contributed by atoms with Gasteiger partial charge >= 0.3 is 0 Å². The van der Waals surface area contributed by atoms with Gasteiger partial charge in [-0.2, -0.15) is 0 Å². The molecule has 4 nitrogen and oxygen atoms in total. The molecular formula is C15H17ClN4. The van der Waals surface area contributed by atoms with Crippen molar-refractivity contribution in [2.24, 2.45) is 0 Å². The van der Waals surface area contributed by atoms with Crippen LogP contribution in [0, 0.1) is 0 Å². The van der Waals surface area contributed by atoms with E-state index in [2.05, 4.69) is 20.9 Å². The van der Waals surface area contributed by atoms with Crippen LogP contribution in [0.25, 0.3) is 0 Å². The number of anilines is 3. The Bertz CT molecular complexity index is 594. The van der Waals surface area contributed by atoms with Crippen molar-refractivity contribution in [2.75, 3.05) is 41.7 Å². The Morgan fingerprint density at radius 2 is 1.80 bits per heavy atom. The van der Waals surface area contributed by atoms with Gasteiger partial charge in [0.15, 0.2) is 0 Å². The molecule has 1 aliphatic heterocycles. The van der Waals surface area contributed by atoms with Gasteiger partial charge in [0, 0.05) is 49.9 Å². The van der Waals surface area contributed by atoms with Crippen LogP contribution in [0.5, 0.6) is 0 Å². The van der Waals surface area contributed by atoms with E-state index < -0.39 is 0 Å². The summed E-state index contributed by atoms with van der Waals surface area (Å²) in [6, 6.07) is 10.0. The zero-order valence-corrected chi connectivity index (χ0v) is 11.9. The molecule has 0 unspecified atom stereocenters. The van der Waals surface area contributed by atoms with E-state index in [1.807, 2.05) is 24.3 Å². The minimum atomic E-state index is 0.713. The number of piperazine rings is 1. The van der Waals surface area contributed by atoms with Gasteiger partial charge in [-0.15, -0.1) is 0 Å². The normalized spacial score (nSPS) is 15.4. The molecule has 0 amide bonds. The molecule has 2 heterocycles. The monoisotopic (exact) mass is 288 g/mol. The third kappa shape index (κ3) is 2.65. The number of halogens is 1. The van der Waals surface area contributed by atoms with E-state index in [0.717, 1.165) is 37.6 Å². The van der Waals surface area contributed by atoms with Gasteiger partial charge in [-0.05, 0) is 24.3 Å². The molecule has 1 aliphatic rings. The molecule has 20 heavy (non-hydrogen) atoms. The van der Waals surface area contributed by atoms with Crippen molar-refractivity contribution in [2.45, 2.75) is 0 Å². The van der Waals surface area contributed by atoms with E-state index in [4.69, 9.17) is 17.3 Å². The molecule has 0 radical (unpaired) electrons. The molecule has 0 saturated carbocycles. The summed E-state index contributed by atoms with van der Waals surface area (Å²) in [5.74, 6) is 0. The number of nitrogens with two attached hydrogens (primary N) is 1. The zero-order valence-electron chi connectivity index (χ0n) is 11.2. The van der Waals surface area contributed by atoms with Gasteiger partial charge in [-0.25, -0.2) is 0 Å². The molecule has 0 aliphatic carbocycles. The molecule has 0 atom stereocenters. The summed E-state index contributed by atoms with van der Waals surface area (Å²) < 4.78 is 0. The highest BCUT2D eigenvalue weighted by Crippen LogP contribution is 2.26. The zero-order chi connectivity index (χ0) is 13.9. The van der Waals surface area contributed by atoms with Crippen LogP contribution in [0.3, 0.4) is 0 Å². The fourth-order valence-corrected chi connectivity index (χ4v) is 2.79. The van der Waals surface area contributed by atoms with Gasteiger partial charge in [-0.1, -0.05) is 17.7 Å². The van der Waals surface area contributed by atoms with E-state index >= 15 is 0 Å². The largest absolute Gasteiger partial charge is 0.399 e. The number of rotatable bonds is 2. The van der Waals surface area contributed by atoms with E-state index in [1.165, 1.54) is 5.69 Å². The molecule has 1 aromatic carbocycles. The Morgan fingerprint density at radius 1 is 1.05 bits per heavy atom. The molecule has 3 rings (SSSR count). The average Bonchev–Trinajstić information content (AvgIpc) is 2.48. The van der Waals surface area contributed by atoms with E-state index in [9.17, 15) is 0 Å². The second kappa shape index (κ2) is 5.59. The fourth-order valence-electron chi connectivity index (χ4n) is 2.55. The molecule has 0 bridgehead atoms. The third-order valence-electron chi connectivity index (χ3n) is 3.61. The van der Waals surface area contributed by atoms with Crippen molar-refractivity contribution < 1.29 is 0 Å². The maximum absolute atomic E-state index is 6.20. The molecule has 2 N–H and O–H groups in total. The van der Waals surface area contributed by atoms with Gasteiger partial charge in [0.1, 0.15) is 0 Å². The number of pyridine rings is 1. The molecule has 104 valence electrons. The minimum absolute atomic E-state index is 0.713. The Kier molecular flexibility index (Phi) is 3.65. The Labute approximate surface area is 123 Å². The van der Waals surface area contributed by atoms with E-state index in [-0.39, 0.29) is 0 Å². The van der Waals surface area contributed by atoms with Crippen LogP contribution in [0.1, 0.15) is 0 Å². The van der Waals surface area contributed by atoms with Crippen LogP contribution in [0.4, 0.5) is 17.1 Å². The van der Waals surface area contributed by atoms with Crippen molar-refractivity contribution in [3.8, 4) is 0 Å². The highest BCUT2D eigenvalue weighted by Gasteiger charge is 2.19. The van der Waals surface area contributed by atoms with Crippen LogP contribution in [0.2, 0.25) is 5.02 Å². The maximum Gasteiger partial charge on any atom is 0.0822 e. The summed E-state index contributed by atoms with van der Waals surface area (Å²) in [5, 5.41) is 0.713. The number of nitrogen functional groups attached to an aromatic ring is 1. The molecule has 1 saturated heterocycles. The highest BCUT2D eigenvalue weighted by atomic mass is 35.5. The van der Waals surface area contributed by atoms with E-state index in [1.54, 1.807) is 12.4 Å². The highest BCUT2D eigenvalue weighted by molar-refractivity contribution is 6.33.